The van der Waals surface area contributed by atoms with Crippen LogP contribution in [0.1, 0.15) is 62.5 Å². The van der Waals surface area contributed by atoms with E-state index in [1.54, 1.807) is 0 Å². The summed E-state index contributed by atoms with van der Waals surface area (Å²) < 4.78 is 5.48. The number of nitrogens with one attached hydrogen (secondary N) is 2. The second kappa shape index (κ2) is 10.3. The SMILES string of the molecule is CC1(CCNC(=O)C(CC(=O)O)NC(=O)OCC2c3ccccc3-c3ccccc32)CCCC1. The summed E-state index contributed by atoms with van der Waals surface area (Å²) in [5.41, 5.74) is 4.61. The third kappa shape index (κ3) is 5.41. The highest BCUT2D eigenvalue weighted by atomic mass is 16.5. The molecular weight excluding hydrogens is 432 g/mol. The normalized spacial score (nSPS) is 16.9. The van der Waals surface area contributed by atoms with Gasteiger partial charge in [-0.1, -0.05) is 68.3 Å². The molecule has 1 saturated carbocycles. The Morgan fingerprint density at radius 3 is 2.21 bits per heavy atom. The van der Waals surface area contributed by atoms with Gasteiger partial charge in [0.1, 0.15) is 12.6 Å². The monoisotopic (exact) mass is 464 g/mol. The van der Waals surface area contributed by atoms with Crippen LogP contribution in [-0.2, 0) is 14.3 Å². The Morgan fingerprint density at radius 1 is 1.03 bits per heavy atom. The zero-order chi connectivity index (χ0) is 24.1. The highest BCUT2D eigenvalue weighted by molar-refractivity contribution is 5.89. The number of carboxylic acid groups (broad SMARTS) is 1. The topological polar surface area (TPSA) is 105 Å². The maximum absolute atomic E-state index is 12.6. The third-order valence-electron chi connectivity index (χ3n) is 7.17. The average Bonchev–Trinajstić information content (AvgIpc) is 3.38. The number of rotatable bonds is 9. The van der Waals surface area contributed by atoms with Crippen LogP contribution in [0.15, 0.2) is 48.5 Å². The quantitative estimate of drug-likeness (QED) is 0.508. The van der Waals surface area contributed by atoms with Crippen molar-refractivity contribution in [3.63, 3.8) is 0 Å². The number of carbonyl (C=O) groups is 3. The number of hydrogen-bond donors (Lipinski definition) is 3. The fourth-order valence-electron chi connectivity index (χ4n) is 5.26. The maximum Gasteiger partial charge on any atom is 0.407 e. The molecular formula is C27H32N2O5. The fourth-order valence-corrected chi connectivity index (χ4v) is 5.26. The molecule has 1 atom stereocenters. The van der Waals surface area contributed by atoms with E-state index in [0.29, 0.717) is 6.54 Å². The molecule has 0 aliphatic heterocycles. The lowest BCUT2D eigenvalue weighted by Crippen LogP contribution is -2.48. The molecule has 1 unspecified atom stereocenters. The lowest BCUT2D eigenvalue weighted by molar-refractivity contribution is -0.139. The largest absolute Gasteiger partial charge is 0.481 e. The first kappa shape index (κ1) is 23.8. The van der Waals surface area contributed by atoms with Crippen LogP contribution < -0.4 is 10.6 Å². The van der Waals surface area contributed by atoms with Gasteiger partial charge in [-0.15, -0.1) is 0 Å². The molecule has 180 valence electrons. The Balaban J connectivity index is 1.34. The Hall–Kier alpha value is -3.35. The Labute approximate surface area is 199 Å². The van der Waals surface area contributed by atoms with Gasteiger partial charge in [0.25, 0.3) is 0 Å². The molecule has 2 amide bonds. The minimum Gasteiger partial charge on any atom is -0.481 e. The summed E-state index contributed by atoms with van der Waals surface area (Å²) in [6.07, 6.45) is 4.21. The van der Waals surface area contributed by atoms with Gasteiger partial charge in [-0.05, 0) is 46.9 Å². The first-order valence-corrected chi connectivity index (χ1v) is 12.0. The van der Waals surface area contributed by atoms with Crippen molar-refractivity contribution in [2.24, 2.45) is 5.41 Å². The summed E-state index contributed by atoms with van der Waals surface area (Å²) in [5, 5.41) is 14.5. The first-order valence-electron chi connectivity index (χ1n) is 12.0. The van der Waals surface area contributed by atoms with Gasteiger partial charge in [-0.25, -0.2) is 4.79 Å². The summed E-state index contributed by atoms with van der Waals surface area (Å²) in [6, 6.07) is 14.8. The van der Waals surface area contributed by atoms with Gasteiger partial charge in [-0.3, -0.25) is 9.59 Å². The van der Waals surface area contributed by atoms with Gasteiger partial charge in [-0.2, -0.15) is 0 Å². The van der Waals surface area contributed by atoms with Crippen molar-refractivity contribution in [3.8, 4) is 11.1 Å². The van der Waals surface area contributed by atoms with Crippen LogP contribution in [0, 0.1) is 5.41 Å². The van der Waals surface area contributed by atoms with Crippen LogP contribution in [0.5, 0.6) is 0 Å². The summed E-state index contributed by atoms with van der Waals surface area (Å²) in [7, 11) is 0. The third-order valence-corrected chi connectivity index (χ3v) is 7.17. The standard InChI is InChI=1S/C27H32N2O5/c1-27(12-6-7-13-27)14-15-28-25(32)23(16-24(30)31)29-26(33)34-17-22-20-10-4-2-8-18(20)19-9-3-5-11-21(19)22/h2-5,8-11,22-23H,6-7,12-17H2,1H3,(H,28,32)(H,29,33)(H,30,31). The smallest absolute Gasteiger partial charge is 0.407 e. The second-order valence-corrected chi connectivity index (χ2v) is 9.68. The Bertz CT molecular complexity index is 1010. The van der Waals surface area contributed by atoms with Crippen LogP contribution >= 0.6 is 0 Å². The number of fused-ring (bicyclic) bond motifs is 3. The number of carboxylic acids is 1. The van der Waals surface area contributed by atoms with Gasteiger partial charge in [0.15, 0.2) is 0 Å². The second-order valence-electron chi connectivity index (χ2n) is 9.68. The Kier molecular flexibility index (Phi) is 7.20. The van der Waals surface area contributed by atoms with Gasteiger partial charge in [0.2, 0.25) is 5.91 Å². The average molecular weight is 465 g/mol. The van der Waals surface area contributed by atoms with Crippen molar-refractivity contribution in [2.45, 2.75) is 57.4 Å². The van der Waals surface area contributed by atoms with E-state index in [1.165, 1.54) is 12.8 Å². The number of benzene rings is 2. The minimum atomic E-state index is -1.19. The summed E-state index contributed by atoms with van der Waals surface area (Å²) >= 11 is 0. The molecule has 4 rings (SSSR count). The zero-order valence-electron chi connectivity index (χ0n) is 19.5. The first-order chi connectivity index (χ1) is 16.4. The summed E-state index contributed by atoms with van der Waals surface area (Å²) in [5.74, 6) is -1.78. The van der Waals surface area contributed by atoms with Crippen LogP contribution in [0.2, 0.25) is 0 Å². The lowest BCUT2D eigenvalue weighted by Gasteiger charge is -2.24. The molecule has 7 nitrogen and oxygen atoms in total. The van der Waals surface area contributed by atoms with Crippen molar-refractivity contribution in [2.75, 3.05) is 13.2 Å². The Morgan fingerprint density at radius 2 is 1.62 bits per heavy atom. The van der Waals surface area contributed by atoms with Gasteiger partial charge in [0.05, 0.1) is 6.42 Å². The molecule has 3 N–H and O–H groups in total. The molecule has 0 aromatic heterocycles. The zero-order valence-corrected chi connectivity index (χ0v) is 19.5. The van der Waals surface area contributed by atoms with E-state index in [0.717, 1.165) is 41.5 Å². The molecule has 2 aliphatic rings. The molecule has 2 aliphatic carbocycles. The predicted octanol–water partition coefficient (Wildman–Crippen LogP) is 4.46. The predicted molar refractivity (Wildman–Crippen MR) is 128 cm³/mol. The highest BCUT2D eigenvalue weighted by Gasteiger charge is 2.31. The molecule has 0 radical (unpaired) electrons. The van der Waals surface area contributed by atoms with E-state index in [1.807, 2.05) is 48.5 Å². The molecule has 0 heterocycles. The highest BCUT2D eigenvalue weighted by Crippen LogP contribution is 2.44. The lowest BCUT2D eigenvalue weighted by atomic mass is 9.85. The van der Waals surface area contributed by atoms with E-state index in [-0.39, 0.29) is 17.9 Å². The molecule has 0 saturated heterocycles. The molecule has 0 bridgehead atoms. The van der Waals surface area contributed by atoms with Gasteiger partial charge < -0.3 is 20.5 Å². The number of aliphatic carboxylic acids is 1. The van der Waals surface area contributed by atoms with Crippen molar-refractivity contribution >= 4 is 18.0 Å². The van der Waals surface area contributed by atoms with Crippen LogP contribution in [0.3, 0.4) is 0 Å². The fraction of sp³-hybridized carbons (Fsp3) is 0.444. The minimum absolute atomic E-state index is 0.0969. The maximum atomic E-state index is 12.6. The number of ether oxygens (including phenoxy) is 1. The van der Waals surface area contributed by atoms with E-state index in [2.05, 4.69) is 17.6 Å². The van der Waals surface area contributed by atoms with Crippen molar-refractivity contribution in [1.29, 1.82) is 0 Å². The van der Waals surface area contributed by atoms with E-state index in [4.69, 9.17) is 4.74 Å². The van der Waals surface area contributed by atoms with Crippen LogP contribution in [-0.4, -0.2) is 42.3 Å². The van der Waals surface area contributed by atoms with Crippen LogP contribution in [0.25, 0.3) is 11.1 Å². The summed E-state index contributed by atoms with van der Waals surface area (Å²) in [4.78, 5) is 36.5. The van der Waals surface area contributed by atoms with Crippen molar-refractivity contribution in [1.82, 2.24) is 10.6 Å². The molecule has 2 aromatic rings. The van der Waals surface area contributed by atoms with Crippen molar-refractivity contribution in [3.05, 3.63) is 59.7 Å². The van der Waals surface area contributed by atoms with E-state index >= 15 is 0 Å². The van der Waals surface area contributed by atoms with Gasteiger partial charge in [0, 0.05) is 12.5 Å². The van der Waals surface area contributed by atoms with Crippen LogP contribution in [0.4, 0.5) is 4.79 Å². The van der Waals surface area contributed by atoms with E-state index in [9.17, 15) is 19.5 Å². The molecule has 7 heteroatoms. The van der Waals surface area contributed by atoms with Gasteiger partial charge >= 0.3 is 12.1 Å². The van der Waals surface area contributed by atoms with E-state index < -0.39 is 30.4 Å². The van der Waals surface area contributed by atoms with Crippen molar-refractivity contribution < 1.29 is 24.2 Å². The number of hydrogen-bond acceptors (Lipinski definition) is 4. The molecule has 2 aromatic carbocycles. The number of alkyl carbamates (subject to hydrolysis) is 1. The molecule has 0 spiro atoms. The number of carbonyl (C=O) groups excluding carboxylic acids is 2. The number of amides is 2. The summed E-state index contributed by atoms with van der Waals surface area (Å²) in [6.45, 7) is 2.77. The molecule has 1 fully saturated rings. The molecule has 34 heavy (non-hydrogen) atoms.